The van der Waals surface area contributed by atoms with Crippen LogP contribution >= 0.6 is 0 Å². The molecule has 0 spiro atoms. The minimum atomic E-state index is -1.54. The van der Waals surface area contributed by atoms with Crippen molar-refractivity contribution in [1.29, 1.82) is 0 Å². The molecule has 18 heavy (non-hydrogen) atoms. The Morgan fingerprint density at radius 3 is 2.61 bits per heavy atom. The Kier molecular flexibility index (Phi) is 2.40. The number of carbonyl (C=O) groups excluding carboxylic acids is 1. The number of carbonyl (C=O) groups is 2. The molecule has 4 heteroatoms. The van der Waals surface area contributed by atoms with Gasteiger partial charge in [-0.15, -0.1) is 0 Å². The van der Waals surface area contributed by atoms with Crippen LogP contribution in [0, 0.1) is 23.2 Å². The topological polar surface area (TPSA) is 74.6 Å². The minimum Gasteiger partial charge on any atom is -0.479 e. The van der Waals surface area contributed by atoms with Gasteiger partial charge in [-0.05, 0) is 43.9 Å². The Labute approximate surface area is 106 Å². The first kappa shape index (κ1) is 12.2. The highest BCUT2D eigenvalue weighted by Crippen LogP contribution is 2.60. The van der Waals surface area contributed by atoms with Crippen LogP contribution in [0.15, 0.2) is 0 Å². The third kappa shape index (κ3) is 1.30. The highest BCUT2D eigenvalue weighted by molar-refractivity contribution is 5.87. The van der Waals surface area contributed by atoms with E-state index in [0.29, 0.717) is 25.0 Å². The van der Waals surface area contributed by atoms with E-state index in [1.807, 2.05) is 6.92 Å². The van der Waals surface area contributed by atoms with Crippen LogP contribution < -0.4 is 0 Å². The summed E-state index contributed by atoms with van der Waals surface area (Å²) in [5.74, 6) is -0.382. The quantitative estimate of drug-likeness (QED) is 0.743. The molecule has 0 saturated heterocycles. The second-order valence-electron chi connectivity index (χ2n) is 6.56. The van der Waals surface area contributed by atoms with E-state index < -0.39 is 11.6 Å². The Balaban J connectivity index is 1.93. The van der Waals surface area contributed by atoms with E-state index in [2.05, 4.69) is 0 Å². The first-order valence-corrected chi connectivity index (χ1v) is 6.88. The van der Waals surface area contributed by atoms with Crippen LogP contribution in [0.25, 0.3) is 0 Å². The number of aliphatic carboxylic acids is 1. The molecule has 0 aliphatic heterocycles. The Hall–Kier alpha value is -0.900. The number of fused-ring (bicyclic) bond motifs is 3. The van der Waals surface area contributed by atoms with Gasteiger partial charge in [-0.25, -0.2) is 4.79 Å². The van der Waals surface area contributed by atoms with Gasteiger partial charge >= 0.3 is 5.97 Å². The molecule has 0 aromatic carbocycles. The van der Waals surface area contributed by atoms with Crippen LogP contribution in [0.3, 0.4) is 0 Å². The van der Waals surface area contributed by atoms with Crippen LogP contribution in [0.5, 0.6) is 0 Å². The SMILES string of the molecule is CC12CCC3C(CCC3(O)C(=O)O)C1CCC2=O. The van der Waals surface area contributed by atoms with Crippen molar-refractivity contribution in [3.63, 3.8) is 0 Å². The summed E-state index contributed by atoms with van der Waals surface area (Å²) in [5.41, 5.74) is -1.79. The smallest absolute Gasteiger partial charge is 0.335 e. The molecule has 5 unspecified atom stereocenters. The van der Waals surface area contributed by atoms with Gasteiger partial charge in [0.25, 0.3) is 0 Å². The van der Waals surface area contributed by atoms with Gasteiger partial charge in [0.05, 0.1) is 0 Å². The third-order valence-corrected chi connectivity index (χ3v) is 5.99. The van der Waals surface area contributed by atoms with Gasteiger partial charge in [0.1, 0.15) is 5.78 Å². The lowest BCUT2D eigenvalue weighted by molar-refractivity contribution is -0.166. The summed E-state index contributed by atoms with van der Waals surface area (Å²) in [6.45, 7) is 2.04. The first-order valence-electron chi connectivity index (χ1n) is 6.88. The maximum absolute atomic E-state index is 12.0. The summed E-state index contributed by atoms with van der Waals surface area (Å²) in [6, 6.07) is 0. The minimum absolute atomic E-state index is 0.154. The number of carboxylic acids is 1. The molecular weight excluding hydrogens is 232 g/mol. The van der Waals surface area contributed by atoms with Gasteiger partial charge in [0.2, 0.25) is 0 Å². The summed E-state index contributed by atoms with van der Waals surface area (Å²) in [5, 5.41) is 19.6. The predicted molar refractivity (Wildman–Crippen MR) is 63.9 cm³/mol. The van der Waals surface area contributed by atoms with Crippen molar-refractivity contribution in [2.24, 2.45) is 23.2 Å². The Morgan fingerprint density at radius 2 is 1.94 bits per heavy atom. The van der Waals surface area contributed by atoms with Crippen molar-refractivity contribution in [2.75, 3.05) is 0 Å². The molecule has 0 radical (unpaired) electrons. The average Bonchev–Trinajstić information content (AvgIpc) is 2.80. The third-order valence-electron chi connectivity index (χ3n) is 5.99. The summed E-state index contributed by atoms with van der Waals surface area (Å²) >= 11 is 0. The highest BCUT2D eigenvalue weighted by Gasteiger charge is 2.62. The maximum Gasteiger partial charge on any atom is 0.335 e. The van der Waals surface area contributed by atoms with E-state index in [0.717, 1.165) is 19.3 Å². The molecule has 100 valence electrons. The van der Waals surface area contributed by atoms with Crippen molar-refractivity contribution in [2.45, 2.75) is 51.0 Å². The molecule has 3 aliphatic rings. The fourth-order valence-electron chi connectivity index (χ4n) is 4.89. The van der Waals surface area contributed by atoms with Gasteiger partial charge in [-0.3, -0.25) is 4.79 Å². The number of ketones is 1. The fourth-order valence-corrected chi connectivity index (χ4v) is 4.89. The van der Waals surface area contributed by atoms with E-state index in [1.165, 1.54) is 0 Å². The van der Waals surface area contributed by atoms with Crippen LogP contribution in [0.1, 0.15) is 45.4 Å². The Bertz CT molecular complexity index is 418. The lowest BCUT2D eigenvalue weighted by Crippen LogP contribution is -2.49. The molecule has 0 bridgehead atoms. The summed E-state index contributed by atoms with van der Waals surface area (Å²) < 4.78 is 0. The zero-order valence-electron chi connectivity index (χ0n) is 10.7. The van der Waals surface area contributed by atoms with Gasteiger partial charge in [-0.1, -0.05) is 6.92 Å². The van der Waals surface area contributed by atoms with Crippen LogP contribution in [-0.2, 0) is 9.59 Å². The maximum atomic E-state index is 12.0. The number of aliphatic hydroxyl groups is 1. The number of hydrogen-bond acceptors (Lipinski definition) is 3. The molecule has 3 saturated carbocycles. The van der Waals surface area contributed by atoms with Crippen LogP contribution in [0.4, 0.5) is 0 Å². The molecule has 4 nitrogen and oxygen atoms in total. The van der Waals surface area contributed by atoms with Crippen molar-refractivity contribution in [3.05, 3.63) is 0 Å². The van der Waals surface area contributed by atoms with Crippen molar-refractivity contribution in [3.8, 4) is 0 Å². The normalized spacial score (nSPS) is 51.0. The van der Waals surface area contributed by atoms with E-state index in [-0.39, 0.29) is 23.2 Å². The Morgan fingerprint density at radius 1 is 1.22 bits per heavy atom. The predicted octanol–water partition coefficient (Wildman–Crippen LogP) is 1.61. The van der Waals surface area contributed by atoms with Gasteiger partial charge in [0.15, 0.2) is 5.60 Å². The van der Waals surface area contributed by atoms with Gasteiger partial charge in [0, 0.05) is 17.8 Å². The molecule has 0 aromatic heterocycles. The van der Waals surface area contributed by atoms with Gasteiger partial charge < -0.3 is 10.2 Å². The molecule has 3 fully saturated rings. The number of Topliss-reactive ketones (excluding diaryl/α,β-unsaturated/α-hetero) is 1. The summed E-state index contributed by atoms with van der Waals surface area (Å²) in [4.78, 5) is 23.3. The lowest BCUT2D eigenvalue weighted by Gasteiger charge is -2.44. The molecule has 5 atom stereocenters. The van der Waals surface area contributed by atoms with E-state index in [1.54, 1.807) is 0 Å². The first-order chi connectivity index (χ1) is 8.39. The highest BCUT2D eigenvalue weighted by atomic mass is 16.4. The molecule has 2 N–H and O–H groups in total. The zero-order valence-corrected chi connectivity index (χ0v) is 10.7. The molecule has 0 aromatic rings. The average molecular weight is 252 g/mol. The number of carboxylic acid groups (broad SMARTS) is 1. The zero-order chi connectivity index (χ0) is 13.1. The second kappa shape index (κ2) is 3.56. The number of rotatable bonds is 1. The van der Waals surface area contributed by atoms with Crippen LogP contribution in [-0.4, -0.2) is 27.6 Å². The largest absolute Gasteiger partial charge is 0.479 e. The summed E-state index contributed by atoms with van der Waals surface area (Å²) in [7, 11) is 0. The molecule has 3 rings (SSSR count). The standard InChI is InChI=1S/C14H20O4/c1-13-6-5-10-8(9(13)2-3-11(13)15)4-7-14(10,18)12(16)17/h8-10,18H,2-7H2,1H3,(H,16,17). The van der Waals surface area contributed by atoms with Crippen molar-refractivity contribution >= 4 is 11.8 Å². The van der Waals surface area contributed by atoms with E-state index >= 15 is 0 Å². The van der Waals surface area contributed by atoms with Crippen molar-refractivity contribution < 1.29 is 19.8 Å². The van der Waals surface area contributed by atoms with Crippen LogP contribution in [0.2, 0.25) is 0 Å². The molecular formula is C14H20O4. The monoisotopic (exact) mass is 252 g/mol. The molecule has 0 heterocycles. The van der Waals surface area contributed by atoms with Crippen molar-refractivity contribution in [1.82, 2.24) is 0 Å². The van der Waals surface area contributed by atoms with Gasteiger partial charge in [-0.2, -0.15) is 0 Å². The lowest BCUT2D eigenvalue weighted by atomic mass is 9.59. The fraction of sp³-hybridized carbons (Fsp3) is 0.857. The molecule has 3 aliphatic carbocycles. The van der Waals surface area contributed by atoms with E-state index in [4.69, 9.17) is 0 Å². The van der Waals surface area contributed by atoms with E-state index in [9.17, 15) is 19.8 Å². The number of hydrogen-bond donors (Lipinski definition) is 2. The molecule has 0 amide bonds. The summed E-state index contributed by atoms with van der Waals surface area (Å²) in [6.07, 6.45) is 4.03. The second-order valence-corrected chi connectivity index (χ2v) is 6.56.